The lowest BCUT2D eigenvalue weighted by molar-refractivity contribution is 0.575. The first-order valence-corrected chi connectivity index (χ1v) is 18.4. The SMILES string of the molecule is CC1c2ccccc2-c2cc3c(c4c2CC1c1ccccc1-4)c1c2ccccc2ccc1n3-c1cccc(-n2c3ccccc3c3ccncc32)c1. The second kappa shape index (κ2) is 10.3. The third-order valence-electron chi connectivity index (χ3n) is 12.3. The van der Waals surface area contributed by atoms with Gasteiger partial charge in [0.15, 0.2) is 0 Å². The van der Waals surface area contributed by atoms with Crippen LogP contribution in [-0.4, -0.2) is 14.1 Å². The minimum absolute atomic E-state index is 0.411. The second-order valence-corrected chi connectivity index (χ2v) is 14.7. The van der Waals surface area contributed by atoms with Crippen molar-refractivity contribution in [3.05, 3.63) is 175 Å². The number of nitrogens with zero attached hydrogens (tertiary/aromatic N) is 3. The van der Waals surface area contributed by atoms with E-state index in [0.29, 0.717) is 11.8 Å². The van der Waals surface area contributed by atoms with Crippen LogP contribution in [-0.2, 0) is 6.42 Å². The van der Waals surface area contributed by atoms with E-state index < -0.39 is 0 Å². The molecule has 0 radical (unpaired) electrons. The van der Waals surface area contributed by atoms with E-state index in [0.717, 1.165) is 23.3 Å². The first-order valence-electron chi connectivity index (χ1n) is 18.4. The molecule has 3 heteroatoms. The predicted molar refractivity (Wildman–Crippen MR) is 216 cm³/mol. The highest BCUT2D eigenvalue weighted by molar-refractivity contribution is 6.26. The molecule has 0 N–H and O–H groups in total. The van der Waals surface area contributed by atoms with Gasteiger partial charge < -0.3 is 9.13 Å². The highest BCUT2D eigenvalue weighted by atomic mass is 15.0. The Morgan fingerprint density at radius 2 is 1.23 bits per heavy atom. The molecule has 0 saturated heterocycles. The molecule has 3 heterocycles. The zero-order valence-electron chi connectivity index (χ0n) is 28.7. The van der Waals surface area contributed by atoms with Crippen molar-refractivity contribution in [3.8, 4) is 33.6 Å². The summed E-state index contributed by atoms with van der Waals surface area (Å²) in [5.74, 6) is 0.848. The smallest absolute Gasteiger partial charge is 0.0724 e. The monoisotopic (exact) mass is 663 g/mol. The average Bonchev–Trinajstić information content (AvgIpc) is 3.69. The normalized spacial score (nSPS) is 16.1. The van der Waals surface area contributed by atoms with E-state index in [2.05, 4.69) is 167 Å². The van der Waals surface area contributed by atoms with Crippen molar-refractivity contribution in [3.63, 3.8) is 0 Å². The van der Waals surface area contributed by atoms with Crippen LogP contribution in [0.15, 0.2) is 158 Å². The summed E-state index contributed by atoms with van der Waals surface area (Å²) in [6.07, 6.45) is 4.94. The topological polar surface area (TPSA) is 22.8 Å². The quantitative estimate of drug-likeness (QED) is 0.180. The molecular weight excluding hydrogens is 631 g/mol. The molecule has 2 aliphatic carbocycles. The highest BCUT2D eigenvalue weighted by Gasteiger charge is 2.37. The van der Waals surface area contributed by atoms with Crippen molar-refractivity contribution in [1.82, 2.24) is 14.1 Å². The van der Waals surface area contributed by atoms with Gasteiger partial charge in [0.25, 0.3) is 0 Å². The molecule has 2 bridgehead atoms. The number of pyridine rings is 1. The fraction of sp³-hybridized carbons (Fsp3) is 0.0816. The van der Waals surface area contributed by atoms with Crippen LogP contribution in [0.1, 0.15) is 35.4 Å². The lowest BCUT2D eigenvalue weighted by Crippen LogP contribution is -2.15. The van der Waals surface area contributed by atoms with Crippen molar-refractivity contribution in [2.75, 3.05) is 0 Å². The van der Waals surface area contributed by atoms with E-state index in [4.69, 9.17) is 0 Å². The van der Waals surface area contributed by atoms with E-state index in [9.17, 15) is 0 Å². The maximum Gasteiger partial charge on any atom is 0.0724 e. The number of rotatable bonds is 2. The van der Waals surface area contributed by atoms with Gasteiger partial charge in [0.05, 0.1) is 28.3 Å². The summed E-state index contributed by atoms with van der Waals surface area (Å²) in [6.45, 7) is 2.44. The van der Waals surface area contributed by atoms with Gasteiger partial charge in [-0.3, -0.25) is 4.98 Å². The van der Waals surface area contributed by atoms with Crippen molar-refractivity contribution < 1.29 is 0 Å². The molecule has 10 aromatic rings. The number of aromatic nitrogens is 3. The molecule has 0 saturated carbocycles. The molecule has 0 fully saturated rings. The van der Waals surface area contributed by atoms with Gasteiger partial charge in [0.2, 0.25) is 0 Å². The second-order valence-electron chi connectivity index (χ2n) is 14.7. The minimum atomic E-state index is 0.411. The summed E-state index contributed by atoms with van der Waals surface area (Å²) < 4.78 is 4.91. The maximum atomic E-state index is 4.56. The number of hydrogen-bond donors (Lipinski definition) is 0. The van der Waals surface area contributed by atoms with E-state index in [1.54, 1.807) is 0 Å². The predicted octanol–water partition coefficient (Wildman–Crippen LogP) is 12.5. The largest absolute Gasteiger partial charge is 0.309 e. The third-order valence-corrected chi connectivity index (χ3v) is 12.3. The van der Waals surface area contributed by atoms with Crippen LogP contribution in [0.3, 0.4) is 0 Å². The summed E-state index contributed by atoms with van der Waals surface area (Å²) in [7, 11) is 0. The van der Waals surface area contributed by atoms with Gasteiger partial charge in [-0.05, 0) is 110 Å². The van der Waals surface area contributed by atoms with Gasteiger partial charge in [-0.15, -0.1) is 0 Å². The van der Waals surface area contributed by atoms with Gasteiger partial charge in [-0.2, -0.15) is 0 Å². The Balaban J connectivity index is 1.25. The van der Waals surface area contributed by atoms with E-state index in [1.807, 2.05) is 12.4 Å². The Kier molecular flexibility index (Phi) is 5.60. The molecule has 0 aliphatic heterocycles. The lowest BCUT2D eigenvalue weighted by atomic mass is 9.72. The van der Waals surface area contributed by atoms with E-state index >= 15 is 0 Å². The Labute approximate surface area is 301 Å². The Morgan fingerprint density at radius 1 is 0.519 bits per heavy atom. The van der Waals surface area contributed by atoms with Crippen LogP contribution in [0.4, 0.5) is 0 Å². The van der Waals surface area contributed by atoms with Crippen molar-refractivity contribution in [2.24, 2.45) is 0 Å². The number of benzene rings is 7. The third kappa shape index (κ3) is 3.62. The maximum absolute atomic E-state index is 4.56. The molecule has 244 valence electrons. The lowest BCUT2D eigenvalue weighted by Gasteiger charge is -2.31. The van der Waals surface area contributed by atoms with Crippen LogP contribution in [0.2, 0.25) is 0 Å². The molecule has 2 atom stereocenters. The molecule has 0 amide bonds. The van der Waals surface area contributed by atoms with Gasteiger partial charge in [0.1, 0.15) is 0 Å². The standard InChI is InChI=1S/C49H33N3/c1-29-33-14-4-5-16-35(33)41-27-45-49(47-39-19-7-6-17-36(39)40(29)26-42(41)47)48-34-15-3-2-11-30(34)21-22-44(48)52(45)32-13-10-12-31(25-32)51-43-20-9-8-18-37(43)38-23-24-50-28-46(38)51/h2-25,27-29,40H,26H2,1H3. The summed E-state index contributed by atoms with van der Waals surface area (Å²) >= 11 is 0. The Bertz CT molecular complexity index is 3090. The molecule has 3 nitrogen and oxygen atoms in total. The first-order chi connectivity index (χ1) is 25.7. The van der Waals surface area contributed by atoms with Gasteiger partial charge in [-0.1, -0.05) is 110 Å². The summed E-state index contributed by atoms with van der Waals surface area (Å²) in [4.78, 5) is 4.56. The highest BCUT2D eigenvalue weighted by Crippen LogP contribution is 2.56. The van der Waals surface area contributed by atoms with Crippen molar-refractivity contribution in [1.29, 1.82) is 0 Å². The number of hydrogen-bond acceptors (Lipinski definition) is 1. The zero-order chi connectivity index (χ0) is 34.1. The van der Waals surface area contributed by atoms with E-state index in [-0.39, 0.29) is 0 Å². The molecule has 12 rings (SSSR count). The molecule has 0 spiro atoms. The Hall–Kier alpha value is -6.45. The number of fused-ring (bicyclic) bond motifs is 15. The minimum Gasteiger partial charge on any atom is -0.309 e. The van der Waals surface area contributed by atoms with Crippen LogP contribution in [0, 0.1) is 0 Å². The van der Waals surface area contributed by atoms with Crippen molar-refractivity contribution >= 4 is 54.4 Å². The summed E-state index contributed by atoms with van der Waals surface area (Å²) in [5.41, 5.74) is 17.0. The molecule has 3 aromatic heterocycles. The zero-order valence-corrected chi connectivity index (χ0v) is 28.7. The van der Waals surface area contributed by atoms with Crippen LogP contribution in [0.5, 0.6) is 0 Å². The average molecular weight is 664 g/mol. The number of para-hydroxylation sites is 1. The molecule has 7 aromatic carbocycles. The van der Waals surface area contributed by atoms with E-state index in [1.165, 1.54) is 87.8 Å². The fourth-order valence-corrected chi connectivity index (χ4v) is 10.1. The Morgan fingerprint density at radius 3 is 2.12 bits per heavy atom. The fourth-order valence-electron chi connectivity index (χ4n) is 10.1. The molecule has 2 unspecified atom stereocenters. The van der Waals surface area contributed by atoms with Crippen molar-refractivity contribution in [2.45, 2.75) is 25.2 Å². The van der Waals surface area contributed by atoms with Gasteiger partial charge >= 0.3 is 0 Å². The summed E-state index contributed by atoms with van der Waals surface area (Å²) in [5, 5.41) is 7.70. The van der Waals surface area contributed by atoms with Crippen LogP contribution < -0.4 is 0 Å². The molecule has 52 heavy (non-hydrogen) atoms. The molecular formula is C49H33N3. The first kappa shape index (κ1) is 28.3. The van der Waals surface area contributed by atoms with Crippen LogP contribution in [0.25, 0.3) is 88.0 Å². The van der Waals surface area contributed by atoms with Gasteiger partial charge in [0, 0.05) is 39.1 Å². The molecule has 2 aliphatic rings. The van der Waals surface area contributed by atoms with Gasteiger partial charge in [-0.25, -0.2) is 0 Å². The summed E-state index contributed by atoms with van der Waals surface area (Å²) in [6, 6.07) is 54.4. The van der Waals surface area contributed by atoms with Crippen LogP contribution >= 0.6 is 0 Å².